The molecule has 0 bridgehead atoms. The van der Waals surface area contributed by atoms with E-state index in [2.05, 4.69) is 9.72 Å². The Bertz CT molecular complexity index is 1400. The molecular formula is C26H22F3N3O3. The van der Waals surface area contributed by atoms with Crippen molar-refractivity contribution in [2.75, 3.05) is 5.73 Å². The van der Waals surface area contributed by atoms with E-state index in [4.69, 9.17) is 10.5 Å². The number of alkyl halides is 3. The number of ether oxygens (including phenoxy) is 2. The van der Waals surface area contributed by atoms with Gasteiger partial charge in [-0.05, 0) is 53.8 Å². The van der Waals surface area contributed by atoms with Gasteiger partial charge >= 0.3 is 6.36 Å². The average Bonchev–Trinajstić information content (AvgIpc) is 3.30. The van der Waals surface area contributed by atoms with E-state index in [0.29, 0.717) is 28.6 Å². The van der Waals surface area contributed by atoms with E-state index in [1.54, 1.807) is 18.2 Å². The fourth-order valence-electron chi connectivity index (χ4n) is 4.40. The molecule has 6 nitrogen and oxygen atoms in total. The molecule has 1 aromatic heterocycles. The molecular weight excluding hydrogens is 459 g/mol. The van der Waals surface area contributed by atoms with E-state index in [-0.39, 0.29) is 29.5 Å². The van der Waals surface area contributed by atoms with Gasteiger partial charge in [0.25, 0.3) is 5.56 Å². The van der Waals surface area contributed by atoms with Crippen LogP contribution in [0.15, 0.2) is 77.6 Å². The van der Waals surface area contributed by atoms with Crippen LogP contribution in [0.2, 0.25) is 0 Å². The van der Waals surface area contributed by atoms with Gasteiger partial charge in [-0.1, -0.05) is 48.5 Å². The Labute approximate surface area is 198 Å². The Balaban J connectivity index is 1.37. The minimum atomic E-state index is -4.75. The number of benzene rings is 3. The van der Waals surface area contributed by atoms with E-state index in [1.165, 1.54) is 28.8 Å². The lowest BCUT2D eigenvalue weighted by Gasteiger charge is -2.17. The van der Waals surface area contributed by atoms with Crippen LogP contribution in [0.3, 0.4) is 0 Å². The van der Waals surface area contributed by atoms with Gasteiger partial charge in [-0.2, -0.15) is 0 Å². The van der Waals surface area contributed by atoms with Crippen molar-refractivity contribution >= 4 is 16.9 Å². The molecule has 2 N–H and O–H groups in total. The number of fused-ring (bicyclic) bond motifs is 1. The second-order valence-corrected chi connectivity index (χ2v) is 8.42. The topological polar surface area (TPSA) is 79.4 Å². The number of halogens is 3. The number of hydrogen-bond acceptors (Lipinski definition) is 5. The largest absolute Gasteiger partial charge is 0.573 e. The summed E-state index contributed by atoms with van der Waals surface area (Å²) >= 11 is 0. The highest BCUT2D eigenvalue weighted by atomic mass is 19.4. The van der Waals surface area contributed by atoms with Crippen molar-refractivity contribution < 1.29 is 22.6 Å². The van der Waals surface area contributed by atoms with Gasteiger partial charge in [0.15, 0.2) is 0 Å². The number of hydrogen-bond donors (Lipinski definition) is 1. The van der Waals surface area contributed by atoms with Gasteiger partial charge in [-0.3, -0.25) is 9.36 Å². The van der Waals surface area contributed by atoms with Crippen LogP contribution in [-0.4, -0.2) is 22.0 Å². The Morgan fingerprint density at radius 3 is 2.43 bits per heavy atom. The van der Waals surface area contributed by atoms with Gasteiger partial charge in [0, 0.05) is 0 Å². The maximum absolute atomic E-state index is 13.2. The molecule has 180 valence electrons. The average molecular weight is 481 g/mol. The van der Waals surface area contributed by atoms with Gasteiger partial charge < -0.3 is 15.2 Å². The third kappa shape index (κ3) is 5.00. The summed E-state index contributed by atoms with van der Waals surface area (Å²) in [5, 5.41) is 0.401. The van der Waals surface area contributed by atoms with Crippen LogP contribution in [-0.2, 0) is 11.3 Å². The highest BCUT2D eigenvalue weighted by Gasteiger charge is 2.31. The smallest absolute Gasteiger partial charge is 0.406 e. The van der Waals surface area contributed by atoms with Crippen molar-refractivity contribution in [1.29, 1.82) is 0 Å². The summed E-state index contributed by atoms with van der Waals surface area (Å²) in [7, 11) is 0. The number of nitrogens with zero attached hydrogens (tertiary/aromatic N) is 2. The highest BCUT2D eigenvalue weighted by Crippen LogP contribution is 2.33. The molecule has 0 amide bonds. The molecule has 0 aliphatic carbocycles. The minimum Gasteiger partial charge on any atom is -0.406 e. The molecule has 1 fully saturated rings. The van der Waals surface area contributed by atoms with E-state index < -0.39 is 6.36 Å². The van der Waals surface area contributed by atoms with Crippen molar-refractivity contribution in [3.05, 3.63) is 88.7 Å². The lowest BCUT2D eigenvalue weighted by molar-refractivity contribution is -0.274. The Morgan fingerprint density at radius 1 is 1.00 bits per heavy atom. The van der Waals surface area contributed by atoms with Crippen molar-refractivity contribution in [2.45, 2.75) is 38.0 Å². The quantitative estimate of drug-likeness (QED) is 0.409. The SMILES string of the molecule is Nc1nc2cc(-c3ccc(OC(F)(F)F)cc3)ccc2c(=O)n1CC1CCC(c2ccccc2)O1. The third-order valence-corrected chi connectivity index (χ3v) is 6.07. The predicted molar refractivity (Wildman–Crippen MR) is 126 cm³/mol. The second-order valence-electron chi connectivity index (χ2n) is 8.42. The molecule has 9 heteroatoms. The maximum Gasteiger partial charge on any atom is 0.573 e. The Morgan fingerprint density at radius 2 is 1.71 bits per heavy atom. The lowest BCUT2D eigenvalue weighted by Crippen LogP contribution is -2.29. The van der Waals surface area contributed by atoms with E-state index in [0.717, 1.165) is 18.4 Å². The molecule has 0 saturated carbocycles. The molecule has 0 radical (unpaired) electrons. The summed E-state index contributed by atoms with van der Waals surface area (Å²) in [6.45, 7) is 0.305. The van der Waals surface area contributed by atoms with E-state index in [1.807, 2.05) is 30.3 Å². The van der Waals surface area contributed by atoms with Crippen LogP contribution in [0, 0.1) is 0 Å². The van der Waals surface area contributed by atoms with Gasteiger partial charge in [0.2, 0.25) is 5.95 Å². The maximum atomic E-state index is 13.2. The molecule has 1 aliphatic rings. The molecule has 2 heterocycles. The van der Waals surface area contributed by atoms with Crippen molar-refractivity contribution in [3.63, 3.8) is 0 Å². The normalized spacial score (nSPS) is 18.1. The molecule has 5 rings (SSSR count). The number of nitrogens with two attached hydrogens (primary N) is 1. The van der Waals surface area contributed by atoms with Gasteiger partial charge in [0.05, 0.1) is 29.7 Å². The summed E-state index contributed by atoms with van der Waals surface area (Å²) in [6.07, 6.45) is -3.26. The fourth-order valence-corrected chi connectivity index (χ4v) is 4.40. The number of aromatic nitrogens is 2. The molecule has 1 aliphatic heterocycles. The van der Waals surface area contributed by atoms with E-state index in [9.17, 15) is 18.0 Å². The van der Waals surface area contributed by atoms with Crippen LogP contribution in [0.25, 0.3) is 22.0 Å². The van der Waals surface area contributed by atoms with Crippen LogP contribution in [0.1, 0.15) is 24.5 Å². The Kier molecular flexibility index (Phi) is 5.94. The molecule has 0 spiro atoms. The number of anilines is 1. The summed E-state index contributed by atoms with van der Waals surface area (Å²) in [5.41, 5.74) is 8.74. The summed E-state index contributed by atoms with van der Waals surface area (Å²) < 4.78 is 48.7. The number of rotatable bonds is 5. The van der Waals surface area contributed by atoms with Gasteiger partial charge in [-0.15, -0.1) is 13.2 Å². The second kappa shape index (κ2) is 9.07. The number of nitrogen functional groups attached to an aromatic ring is 1. The van der Waals surface area contributed by atoms with Crippen LogP contribution in [0.4, 0.5) is 19.1 Å². The highest BCUT2D eigenvalue weighted by molar-refractivity contribution is 5.84. The van der Waals surface area contributed by atoms with Gasteiger partial charge in [-0.25, -0.2) is 4.98 Å². The molecule has 1 saturated heterocycles. The van der Waals surface area contributed by atoms with Crippen LogP contribution < -0.4 is 16.0 Å². The van der Waals surface area contributed by atoms with Gasteiger partial charge in [0.1, 0.15) is 5.75 Å². The first-order chi connectivity index (χ1) is 16.8. The third-order valence-electron chi connectivity index (χ3n) is 6.07. The Hall–Kier alpha value is -3.85. The standard InChI is InChI=1S/C26H22F3N3O3/c27-26(28,29)35-19-9-6-16(7-10-19)18-8-12-21-22(14-18)31-25(30)32(24(21)33)15-20-11-13-23(34-20)17-4-2-1-3-5-17/h1-10,12,14,20,23H,11,13,15H2,(H2,30,31). The van der Waals surface area contributed by atoms with Crippen LogP contribution >= 0.6 is 0 Å². The molecule has 35 heavy (non-hydrogen) atoms. The lowest BCUT2D eigenvalue weighted by atomic mass is 10.0. The zero-order valence-electron chi connectivity index (χ0n) is 18.5. The summed E-state index contributed by atoms with van der Waals surface area (Å²) in [5.74, 6) is -0.226. The van der Waals surface area contributed by atoms with Crippen molar-refractivity contribution in [2.24, 2.45) is 0 Å². The van der Waals surface area contributed by atoms with Crippen molar-refractivity contribution in [3.8, 4) is 16.9 Å². The monoisotopic (exact) mass is 481 g/mol. The zero-order valence-corrected chi connectivity index (χ0v) is 18.5. The predicted octanol–water partition coefficient (Wildman–Crippen LogP) is 5.46. The van der Waals surface area contributed by atoms with Crippen molar-refractivity contribution in [1.82, 2.24) is 9.55 Å². The molecule has 2 unspecified atom stereocenters. The summed E-state index contributed by atoms with van der Waals surface area (Å²) in [6, 6.07) is 20.5. The molecule has 2 atom stereocenters. The molecule has 3 aromatic carbocycles. The summed E-state index contributed by atoms with van der Waals surface area (Å²) in [4.78, 5) is 17.6. The van der Waals surface area contributed by atoms with E-state index >= 15 is 0 Å². The first-order valence-corrected chi connectivity index (χ1v) is 11.1. The first kappa shape index (κ1) is 22.9. The first-order valence-electron chi connectivity index (χ1n) is 11.1. The molecule has 4 aromatic rings. The fraction of sp³-hybridized carbons (Fsp3) is 0.231. The minimum absolute atomic E-state index is 0.0120. The zero-order chi connectivity index (χ0) is 24.6. The van der Waals surface area contributed by atoms with Crippen LogP contribution in [0.5, 0.6) is 5.75 Å².